The number of hydrogen-bond acceptors (Lipinski definition) is 5. The highest BCUT2D eigenvalue weighted by atomic mass is 16.5. The number of aliphatic imine (C=N–C) groups is 1. The first-order valence-electron chi connectivity index (χ1n) is 11.6. The fourth-order valence-electron chi connectivity index (χ4n) is 4.27. The molecule has 0 unspecified atom stereocenters. The third kappa shape index (κ3) is 6.23. The normalized spacial score (nSPS) is 20.8. The molecule has 1 aromatic carbocycles. The Morgan fingerprint density at radius 1 is 1.16 bits per heavy atom. The van der Waals surface area contributed by atoms with Crippen LogP contribution < -0.4 is 10.5 Å². The quantitative estimate of drug-likeness (QED) is 0.510. The topological polar surface area (TPSA) is 71.1 Å². The van der Waals surface area contributed by atoms with E-state index in [1.807, 2.05) is 12.1 Å². The first kappa shape index (κ1) is 23.1. The van der Waals surface area contributed by atoms with Crippen LogP contribution in [0.4, 0.5) is 0 Å². The van der Waals surface area contributed by atoms with Gasteiger partial charge in [-0.05, 0) is 49.3 Å². The van der Waals surface area contributed by atoms with Crippen molar-refractivity contribution >= 4 is 5.84 Å². The molecule has 2 heterocycles. The predicted octanol–water partition coefficient (Wildman–Crippen LogP) is 5.56. The standard InChI is InChI=1S/C26H37N3O2/c1-3-4-5-6-12-23-26-21(11-9-13-25(27)28-23)10-7-8-16-29(26)18-22-15-14-20(19-30)17-24(22)31-2/h8,11,14-17,30H,3-7,9-10,12-13,18-19H2,1-2H3,(H2,27,28)/b21-11-,26-23+. The molecule has 5 heteroatoms. The monoisotopic (exact) mass is 423 g/mol. The zero-order chi connectivity index (χ0) is 22.1. The highest BCUT2D eigenvalue weighted by molar-refractivity contribution is 5.82. The number of nitrogens with two attached hydrogens (primary N) is 1. The van der Waals surface area contributed by atoms with Gasteiger partial charge in [0.2, 0.25) is 0 Å². The van der Waals surface area contributed by atoms with E-state index in [9.17, 15) is 5.11 Å². The lowest BCUT2D eigenvalue weighted by Crippen LogP contribution is -2.22. The summed E-state index contributed by atoms with van der Waals surface area (Å²) in [6, 6.07) is 5.93. The highest BCUT2D eigenvalue weighted by Gasteiger charge is 2.22. The summed E-state index contributed by atoms with van der Waals surface area (Å²) in [6.07, 6.45) is 16.3. The van der Waals surface area contributed by atoms with Gasteiger partial charge in [0.15, 0.2) is 0 Å². The van der Waals surface area contributed by atoms with Gasteiger partial charge in [0.1, 0.15) is 5.75 Å². The molecule has 0 aliphatic carbocycles. The van der Waals surface area contributed by atoms with Crippen LogP contribution in [0, 0.1) is 0 Å². The molecule has 0 fully saturated rings. The summed E-state index contributed by atoms with van der Waals surface area (Å²) in [5, 5.41) is 9.48. The Hall–Kier alpha value is -2.53. The maximum absolute atomic E-state index is 9.48. The van der Waals surface area contributed by atoms with Crippen molar-refractivity contribution in [2.75, 3.05) is 7.11 Å². The van der Waals surface area contributed by atoms with Gasteiger partial charge in [0, 0.05) is 18.2 Å². The number of ether oxygens (including phenoxy) is 1. The fraction of sp³-hybridized carbons (Fsp3) is 0.500. The minimum absolute atomic E-state index is 0.00813. The van der Waals surface area contributed by atoms with E-state index in [-0.39, 0.29) is 6.61 Å². The molecule has 1 aromatic rings. The average molecular weight is 424 g/mol. The first-order valence-corrected chi connectivity index (χ1v) is 11.6. The molecule has 2 aliphatic heterocycles. The maximum Gasteiger partial charge on any atom is 0.124 e. The summed E-state index contributed by atoms with van der Waals surface area (Å²) in [4.78, 5) is 7.23. The molecule has 0 aromatic heterocycles. The molecule has 3 N–H and O–H groups in total. The minimum Gasteiger partial charge on any atom is -0.496 e. The van der Waals surface area contributed by atoms with Crippen LogP contribution >= 0.6 is 0 Å². The lowest BCUT2D eigenvalue weighted by molar-refractivity contribution is 0.280. The van der Waals surface area contributed by atoms with Gasteiger partial charge in [0.05, 0.1) is 37.5 Å². The third-order valence-electron chi connectivity index (χ3n) is 5.94. The average Bonchev–Trinajstić information content (AvgIpc) is 2.96. The second kappa shape index (κ2) is 11.8. The first-order chi connectivity index (χ1) is 15.2. The lowest BCUT2D eigenvalue weighted by atomic mass is 9.98. The summed E-state index contributed by atoms with van der Waals surface area (Å²) in [6.45, 7) is 2.93. The summed E-state index contributed by atoms with van der Waals surface area (Å²) in [5.74, 6) is 1.53. The molecule has 0 radical (unpaired) electrons. The molecule has 0 bridgehead atoms. The summed E-state index contributed by atoms with van der Waals surface area (Å²) in [5.41, 5.74) is 11.9. The van der Waals surface area contributed by atoms with Gasteiger partial charge >= 0.3 is 0 Å². The third-order valence-corrected chi connectivity index (χ3v) is 5.94. The molecule has 0 saturated carbocycles. The summed E-state index contributed by atoms with van der Waals surface area (Å²) in [7, 11) is 1.68. The molecule has 168 valence electrons. The van der Waals surface area contributed by atoms with Crippen LogP contribution in [0.25, 0.3) is 0 Å². The van der Waals surface area contributed by atoms with Crippen LogP contribution in [0.1, 0.15) is 75.8 Å². The molecule has 0 atom stereocenters. The van der Waals surface area contributed by atoms with E-state index in [4.69, 9.17) is 15.5 Å². The van der Waals surface area contributed by atoms with Gasteiger partial charge in [-0.25, -0.2) is 4.99 Å². The number of nitrogens with zero attached hydrogens (tertiary/aromatic N) is 2. The zero-order valence-corrected chi connectivity index (χ0v) is 19.1. The molecule has 0 amide bonds. The van der Waals surface area contributed by atoms with E-state index in [2.05, 4.69) is 36.2 Å². The minimum atomic E-state index is 0.00813. The van der Waals surface area contributed by atoms with E-state index in [1.54, 1.807) is 7.11 Å². The summed E-state index contributed by atoms with van der Waals surface area (Å²) < 4.78 is 5.64. The smallest absolute Gasteiger partial charge is 0.124 e. The van der Waals surface area contributed by atoms with Crippen molar-refractivity contribution in [3.63, 3.8) is 0 Å². The van der Waals surface area contributed by atoms with Crippen molar-refractivity contribution in [2.45, 2.75) is 77.9 Å². The Labute approximate surface area is 187 Å². The molecular formula is C26H37N3O2. The molecule has 3 rings (SSSR count). The number of hydrogen-bond donors (Lipinski definition) is 2. The van der Waals surface area contributed by atoms with Gasteiger partial charge in [-0.2, -0.15) is 0 Å². The number of aliphatic hydroxyl groups is 1. The number of methoxy groups -OCH3 is 1. The lowest BCUT2D eigenvalue weighted by Gasteiger charge is -2.28. The fourth-order valence-corrected chi connectivity index (χ4v) is 4.27. The van der Waals surface area contributed by atoms with E-state index < -0.39 is 0 Å². The van der Waals surface area contributed by atoms with Crippen LogP contribution in [0.3, 0.4) is 0 Å². The van der Waals surface area contributed by atoms with Gasteiger partial charge in [0.25, 0.3) is 0 Å². The van der Waals surface area contributed by atoms with E-state index in [0.29, 0.717) is 6.54 Å². The molecular weight excluding hydrogens is 386 g/mol. The Morgan fingerprint density at radius 3 is 2.81 bits per heavy atom. The second-order valence-electron chi connectivity index (χ2n) is 8.33. The molecule has 5 nitrogen and oxygen atoms in total. The van der Waals surface area contributed by atoms with Crippen molar-refractivity contribution in [1.29, 1.82) is 0 Å². The Bertz CT molecular complexity index is 867. The van der Waals surface area contributed by atoms with Crippen molar-refractivity contribution in [2.24, 2.45) is 10.7 Å². The van der Waals surface area contributed by atoms with Gasteiger partial charge in [-0.3, -0.25) is 0 Å². The molecule has 2 aliphatic rings. The second-order valence-corrected chi connectivity index (χ2v) is 8.33. The van der Waals surface area contributed by atoms with Crippen LogP contribution in [-0.2, 0) is 13.2 Å². The predicted molar refractivity (Wildman–Crippen MR) is 128 cm³/mol. The Balaban J connectivity index is 2.00. The molecule has 0 spiro atoms. The van der Waals surface area contributed by atoms with Gasteiger partial charge in [-0.1, -0.05) is 50.5 Å². The van der Waals surface area contributed by atoms with Crippen LogP contribution in [0.2, 0.25) is 0 Å². The van der Waals surface area contributed by atoms with Crippen molar-refractivity contribution < 1.29 is 9.84 Å². The number of fused-ring (bicyclic) bond motifs is 1. The van der Waals surface area contributed by atoms with Crippen molar-refractivity contribution in [3.05, 3.63) is 64.6 Å². The highest BCUT2D eigenvalue weighted by Crippen LogP contribution is 2.34. The van der Waals surface area contributed by atoms with Crippen LogP contribution in [0.15, 0.2) is 58.5 Å². The van der Waals surface area contributed by atoms with Crippen molar-refractivity contribution in [3.8, 4) is 5.75 Å². The van der Waals surface area contributed by atoms with Crippen LogP contribution in [-0.4, -0.2) is 23.0 Å². The maximum atomic E-state index is 9.48. The van der Waals surface area contributed by atoms with Crippen molar-refractivity contribution in [1.82, 2.24) is 4.90 Å². The van der Waals surface area contributed by atoms with Crippen LogP contribution in [0.5, 0.6) is 5.75 Å². The van der Waals surface area contributed by atoms with E-state index in [0.717, 1.165) is 66.9 Å². The number of aliphatic hydroxyl groups excluding tert-OH is 1. The Kier molecular flexibility index (Phi) is 8.77. The number of benzene rings is 1. The number of rotatable bonds is 9. The van der Waals surface area contributed by atoms with Gasteiger partial charge in [-0.15, -0.1) is 0 Å². The number of allylic oxidation sites excluding steroid dienone is 4. The summed E-state index contributed by atoms with van der Waals surface area (Å²) >= 11 is 0. The zero-order valence-electron chi connectivity index (χ0n) is 19.1. The van der Waals surface area contributed by atoms with Gasteiger partial charge < -0.3 is 20.5 Å². The largest absolute Gasteiger partial charge is 0.496 e. The van der Waals surface area contributed by atoms with E-state index in [1.165, 1.54) is 30.5 Å². The Morgan fingerprint density at radius 2 is 2.03 bits per heavy atom. The number of unbranched alkanes of at least 4 members (excludes halogenated alkanes) is 3. The molecule has 31 heavy (non-hydrogen) atoms. The SMILES string of the molecule is CCCCCC/C1=C2/C(=C\CCC(N)=N1)CCC=CN2Cc1ccc(CO)cc1OC. The number of amidine groups is 1. The molecule has 0 saturated heterocycles. The van der Waals surface area contributed by atoms with E-state index >= 15 is 0 Å².